The minimum atomic E-state index is 0.831. The van der Waals surface area contributed by atoms with Crippen LogP contribution in [0.4, 0.5) is 0 Å². The zero-order chi connectivity index (χ0) is 10.7. The topological polar surface area (TPSA) is 35.0 Å². The van der Waals surface area contributed by atoms with Gasteiger partial charge in [-0.05, 0) is 19.1 Å². The van der Waals surface area contributed by atoms with E-state index in [4.69, 9.17) is 4.74 Å². The third kappa shape index (κ3) is 1.96. The maximum atomic E-state index is 5.17. The average Bonchev–Trinajstić information content (AvgIpc) is 2.30. The molecular weight excluding hydrogens is 188 g/mol. The van der Waals surface area contributed by atoms with Crippen molar-refractivity contribution in [2.24, 2.45) is 0 Å². The van der Waals surface area contributed by atoms with Crippen LogP contribution in [0.5, 0.6) is 5.75 Å². The predicted molar refractivity (Wildman–Crippen MR) is 58.8 cm³/mol. The van der Waals surface area contributed by atoms with Gasteiger partial charge in [0.2, 0.25) is 0 Å². The summed E-state index contributed by atoms with van der Waals surface area (Å²) in [6.07, 6.45) is 3.39. The fraction of sp³-hybridized carbons (Fsp3) is 0.167. The van der Waals surface area contributed by atoms with Crippen molar-refractivity contribution in [3.8, 4) is 17.0 Å². The molecule has 0 unspecified atom stereocenters. The number of rotatable bonds is 2. The first-order chi connectivity index (χ1) is 7.31. The molecule has 0 aliphatic rings. The van der Waals surface area contributed by atoms with Crippen LogP contribution in [-0.4, -0.2) is 17.1 Å². The minimum Gasteiger partial charge on any atom is -0.497 e. The van der Waals surface area contributed by atoms with Crippen molar-refractivity contribution < 1.29 is 4.74 Å². The zero-order valence-corrected chi connectivity index (χ0v) is 8.77. The summed E-state index contributed by atoms with van der Waals surface area (Å²) in [6.45, 7) is 1.95. The quantitative estimate of drug-likeness (QED) is 0.747. The van der Waals surface area contributed by atoms with Crippen LogP contribution in [-0.2, 0) is 0 Å². The van der Waals surface area contributed by atoms with E-state index in [0.717, 1.165) is 22.7 Å². The molecule has 0 spiro atoms. The number of aryl methyl sites for hydroxylation is 1. The number of ether oxygens (including phenoxy) is 1. The third-order valence-corrected chi connectivity index (χ3v) is 2.22. The number of nitrogens with zero attached hydrogens (tertiary/aromatic N) is 2. The average molecular weight is 200 g/mol. The third-order valence-electron chi connectivity index (χ3n) is 2.22. The lowest BCUT2D eigenvalue weighted by molar-refractivity contribution is 0.415. The summed E-state index contributed by atoms with van der Waals surface area (Å²) < 4.78 is 5.17. The van der Waals surface area contributed by atoms with Crippen molar-refractivity contribution in [3.05, 3.63) is 42.4 Å². The van der Waals surface area contributed by atoms with Crippen LogP contribution in [0.3, 0.4) is 0 Å². The predicted octanol–water partition coefficient (Wildman–Crippen LogP) is 2.46. The first-order valence-electron chi connectivity index (χ1n) is 4.73. The Kier molecular flexibility index (Phi) is 2.63. The summed E-state index contributed by atoms with van der Waals surface area (Å²) in [7, 11) is 1.66. The van der Waals surface area contributed by atoms with Gasteiger partial charge in [0, 0.05) is 18.0 Å². The van der Waals surface area contributed by atoms with E-state index >= 15 is 0 Å². The number of hydrogen-bond acceptors (Lipinski definition) is 3. The van der Waals surface area contributed by atoms with Crippen molar-refractivity contribution in [1.29, 1.82) is 0 Å². The highest BCUT2D eigenvalue weighted by Gasteiger charge is 2.04. The van der Waals surface area contributed by atoms with Crippen molar-refractivity contribution in [3.63, 3.8) is 0 Å². The zero-order valence-electron chi connectivity index (χ0n) is 8.77. The number of methoxy groups -OCH3 is 1. The molecule has 0 radical (unpaired) electrons. The van der Waals surface area contributed by atoms with Gasteiger partial charge >= 0.3 is 0 Å². The summed E-state index contributed by atoms with van der Waals surface area (Å²) in [4.78, 5) is 8.51. The number of aromatic nitrogens is 2. The molecule has 0 amide bonds. The minimum absolute atomic E-state index is 0.831. The molecule has 1 heterocycles. The summed E-state index contributed by atoms with van der Waals surface area (Å²) in [6, 6.07) is 7.81. The summed E-state index contributed by atoms with van der Waals surface area (Å²) in [5.41, 5.74) is 2.85. The van der Waals surface area contributed by atoms with Crippen LogP contribution in [0.2, 0.25) is 0 Å². The van der Waals surface area contributed by atoms with Crippen molar-refractivity contribution in [2.45, 2.75) is 6.92 Å². The summed E-state index contributed by atoms with van der Waals surface area (Å²) in [5.74, 6) is 0.831. The number of hydrogen-bond donors (Lipinski definition) is 0. The Balaban J connectivity index is 2.49. The largest absolute Gasteiger partial charge is 0.497 e. The maximum Gasteiger partial charge on any atom is 0.119 e. The second-order valence-electron chi connectivity index (χ2n) is 3.22. The van der Waals surface area contributed by atoms with Crippen LogP contribution in [0.1, 0.15) is 5.69 Å². The molecule has 3 nitrogen and oxygen atoms in total. The molecule has 1 aromatic carbocycles. The van der Waals surface area contributed by atoms with Crippen LogP contribution in [0, 0.1) is 6.92 Å². The van der Waals surface area contributed by atoms with Crippen LogP contribution < -0.4 is 4.74 Å². The van der Waals surface area contributed by atoms with Gasteiger partial charge in [0.1, 0.15) is 5.75 Å². The molecule has 2 rings (SSSR count). The van der Waals surface area contributed by atoms with E-state index < -0.39 is 0 Å². The molecule has 3 heteroatoms. The van der Waals surface area contributed by atoms with Gasteiger partial charge in [0.05, 0.1) is 18.5 Å². The molecule has 15 heavy (non-hydrogen) atoms. The van der Waals surface area contributed by atoms with Gasteiger partial charge in [0.15, 0.2) is 0 Å². The fourth-order valence-corrected chi connectivity index (χ4v) is 1.46. The lowest BCUT2D eigenvalue weighted by Crippen LogP contribution is -1.91. The van der Waals surface area contributed by atoms with Gasteiger partial charge in [-0.3, -0.25) is 9.97 Å². The smallest absolute Gasteiger partial charge is 0.119 e. The van der Waals surface area contributed by atoms with Crippen LogP contribution in [0.25, 0.3) is 11.3 Å². The Morgan fingerprint density at radius 2 is 1.93 bits per heavy atom. The van der Waals surface area contributed by atoms with E-state index in [-0.39, 0.29) is 0 Å². The van der Waals surface area contributed by atoms with Gasteiger partial charge in [-0.2, -0.15) is 0 Å². The molecular formula is C12H12N2O. The highest BCUT2D eigenvalue weighted by Crippen LogP contribution is 2.23. The van der Waals surface area contributed by atoms with Crippen molar-refractivity contribution in [1.82, 2.24) is 9.97 Å². The molecule has 0 atom stereocenters. The van der Waals surface area contributed by atoms with Crippen molar-refractivity contribution >= 4 is 0 Å². The van der Waals surface area contributed by atoms with Crippen molar-refractivity contribution in [2.75, 3.05) is 7.11 Å². The lowest BCUT2D eigenvalue weighted by Gasteiger charge is -2.05. The van der Waals surface area contributed by atoms with Crippen LogP contribution >= 0.6 is 0 Å². The number of benzene rings is 1. The molecule has 0 aliphatic carbocycles. The van der Waals surface area contributed by atoms with E-state index in [1.54, 1.807) is 19.5 Å². The molecule has 0 saturated carbocycles. The summed E-state index contributed by atoms with van der Waals surface area (Å²) >= 11 is 0. The standard InChI is InChI=1S/C12H12N2O/c1-9-12(14-7-6-13-9)10-4-3-5-11(8-10)15-2/h3-8H,1-2H3. The molecule has 0 N–H and O–H groups in total. The lowest BCUT2D eigenvalue weighted by atomic mass is 10.1. The molecule has 2 aromatic rings. The fourth-order valence-electron chi connectivity index (χ4n) is 1.46. The first-order valence-corrected chi connectivity index (χ1v) is 4.73. The van der Waals surface area contributed by atoms with Gasteiger partial charge in [-0.1, -0.05) is 12.1 Å². The first kappa shape index (κ1) is 9.65. The molecule has 0 fully saturated rings. The normalized spacial score (nSPS) is 10.0. The van der Waals surface area contributed by atoms with Crippen LogP contribution in [0.15, 0.2) is 36.7 Å². The Morgan fingerprint density at radius 3 is 2.67 bits per heavy atom. The van der Waals surface area contributed by atoms with Gasteiger partial charge in [-0.15, -0.1) is 0 Å². The van der Waals surface area contributed by atoms with E-state index in [1.165, 1.54) is 0 Å². The Bertz CT molecular complexity index is 469. The molecule has 0 bridgehead atoms. The van der Waals surface area contributed by atoms with Gasteiger partial charge in [0.25, 0.3) is 0 Å². The van der Waals surface area contributed by atoms with E-state index in [0.29, 0.717) is 0 Å². The van der Waals surface area contributed by atoms with Gasteiger partial charge < -0.3 is 4.74 Å². The van der Waals surface area contributed by atoms with E-state index in [9.17, 15) is 0 Å². The molecule has 0 saturated heterocycles. The molecule has 76 valence electrons. The molecule has 0 aliphatic heterocycles. The Morgan fingerprint density at radius 1 is 1.13 bits per heavy atom. The second-order valence-corrected chi connectivity index (χ2v) is 3.22. The highest BCUT2D eigenvalue weighted by molar-refractivity contribution is 5.62. The van der Waals surface area contributed by atoms with E-state index in [2.05, 4.69) is 9.97 Å². The Hall–Kier alpha value is -1.90. The van der Waals surface area contributed by atoms with Gasteiger partial charge in [-0.25, -0.2) is 0 Å². The maximum absolute atomic E-state index is 5.17. The SMILES string of the molecule is COc1cccc(-c2nccnc2C)c1. The monoisotopic (exact) mass is 200 g/mol. The molecule has 1 aromatic heterocycles. The second kappa shape index (κ2) is 4.09. The highest BCUT2D eigenvalue weighted by atomic mass is 16.5. The Labute approximate surface area is 88.8 Å². The summed E-state index contributed by atoms with van der Waals surface area (Å²) in [5, 5.41) is 0. The van der Waals surface area contributed by atoms with E-state index in [1.807, 2.05) is 31.2 Å².